The fourth-order valence-electron chi connectivity index (χ4n) is 3.48. The second kappa shape index (κ2) is 8.63. The van der Waals surface area contributed by atoms with Gasteiger partial charge in [-0.05, 0) is 32.2 Å². The highest BCUT2D eigenvalue weighted by atomic mass is 16.2. The van der Waals surface area contributed by atoms with Gasteiger partial charge in [0, 0.05) is 25.2 Å². The molecule has 116 valence electrons. The first kappa shape index (κ1) is 15.8. The number of nitrogens with one attached hydrogen (secondary N) is 2. The Morgan fingerprint density at radius 3 is 2.25 bits per heavy atom. The lowest BCUT2D eigenvalue weighted by Gasteiger charge is -2.32. The summed E-state index contributed by atoms with van der Waals surface area (Å²) in [6.45, 7) is 5.90. The predicted molar refractivity (Wildman–Crippen MR) is 82.8 cm³/mol. The van der Waals surface area contributed by atoms with Crippen molar-refractivity contribution in [3.05, 3.63) is 0 Å². The van der Waals surface area contributed by atoms with Crippen molar-refractivity contribution in [2.75, 3.05) is 26.2 Å². The van der Waals surface area contributed by atoms with Crippen molar-refractivity contribution >= 4 is 5.91 Å². The maximum atomic E-state index is 12.1. The highest BCUT2D eigenvalue weighted by molar-refractivity contribution is 5.78. The molecule has 0 aromatic heterocycles. The van der Waals surface area contributed by atoms with Gasteiger partial charge in [0.15, 0.2) is 0 Å². The van der Waals surface area contributed by atoms with Gasteiger partial charge in [0.05, 0.1) is 6.54 Å². The molecule has 1 amide bonds. The van der Waals surface area contributed by atoms with E-state index in [1.807, 2.05) is 0 Å². The summed E-state index contributed by atoms with van der Waals surface area (Å²) >= 11 is 0. The molecule has 1 heterocycles. The van der Waals surface area contributed by atoms with E-state index in [0.29, 0.717) is 18.6 Å². The van der Waals surface area contributed by atoms with Crippen LogP contribution in [-0.4, -0.2) is 49.1 Å². The lowest BCUT2D eigenvalue weighted by atomic mass is 10.0. The maximum Gasteiger partial charge on any atom is 0.234 e. The van der Waals surface area contributed by atoms with E-state index in [1.54, 1.807) is 0 Å². The molecule has 0 bridgehead atoms. The molecule has 0 unspecified atom stereocenters. The number of rotatable bonds is 5. The third kappa shape index (κ3) is 5.41. The summed E-state index contributed by atoms with van der Waals surface area (Å²) in [5.74, 6) is 0.235. The van der Waals surface area contributed by atoms with Gasteiger partial charge in [0.1, 0.15) is 0 Å². The Morgan fingerprint density at radius 2 is 1.65 bits per heavy atom. The number of amides is 1. The Hall–Kier alpha value is -0.610. The molecule has 1 saturated heterocycles. The predicted octanol–water partition coefficient (Wildman–Crippen LogP) is 1.90. The summed E-state index contributed by atoms with van der Waals surface area (Å²) in [7, 11) is 0. The zero-order valence-electron chi connectivity index (χ0n) is 13.0. The highest BCUT2D eigenvalue weighted by Crippen LogP contribution is 2.17. The first-order valence-corrected chi connectivity index (χ1v) is 8.53. The number of carbonyl (C=O) groups excluding carboxylic acids is 1. The minimum absolute atomic E-state index is 0.235. The molecular weight excluding hydrogens is 250 g/mol. The minimum Gasteiger partial charge on any atom is -0.352 e. The number of nitrogens with zero attached hydrogens (tertiary/aromatic N) is 1. The highest BCUT2D eigenvalue weighted by Gasteiger charge is 2.21. The van der Waals surface area contributed by atoms with E-state index in [9.17, 15) is 4.79 Å². The zero-order valence-corrected chi connectivity index (χ0v) is 13.0. The van der Waals surface area contributed by atoms with E-state index in [0.717, 1.165) is 19.6 Å². The van der Waals surface area contributed by atoms with Crippen LogP contribution >= 0.6 is 0 Å². The monoisotopic (exact) mass is 281 g/mol. The van der Waals surface area contributed by atoms with E-state index in [-0.39, 0.29) is 5.91 Å². The van der Waals surface area contributed by atoms with Gasteiger partial charge in [-0.2, -0.15) is 0 Å². The van der Waals surface area contributed by atoms with Crippen LogP contribution in [0.2, 0.25) is 0 Å². The molecule has 20 heavy (non-hydrogen) atoms. The van der Waals surface area contributed by atoms with Crippen molar-refractivity contribution in [1.29, 1.82) is 0 Å². The van der Waals surface area contributed by atoms with E-state index in [1.165, 1.54) is 51.4 Å². The third-order valence-corrected chi connectivity index (χ3v) is 4.67. The molecule has 4 nitrogen and oxygen atoms in total. The van der Waals surface area contributed by atoms with Crippen LogP contribution in [0.15, 0.2) is 0 Å². The maximum absolute atomic E-state index is 12.1. The van der Waals surface area contributed by atoms with Crippen LogP contribution in [0.3, 0.4) is 0 Å². The first-order chi connectivity index (χ1) is 9.78. The topological polar surface area (TPSA) is 44.4 Å². The van der Waals surface area contributed by atoms with Gasteiger partial charge in [-0.3, -0.25) is 9.69 Å². The Kier molecular flexibility index (Phi) is 6.80. The summed E-state index contributed by atoms with van der Waals surface area (Å²) < 4.78 is 0. The second-order valence-electron chi connectivity index (χ2n) is 6.36. The molecule has 2 fully saturated rings. The molecule has 4 heteroatoms. The Balaban J connectivity index is 1.64. The van der Waals surface area contributed by atoms with Crippen molar-refractivity contribution in [2.24, 2.45) is 0 Å². The standard InChI is InChI=1S/C16H31N3O/c1-2-17-14-9-11-19(12-10-14)13-16(20)18-15-7-5-3-4-6-8-15/h14-15,17H,2-13H2,1H3,(H,18,20). The average molecular weight is 281 g/mol. The van der Waals surface area contributed by atoms with Crippen LogP contribution in [0, 0.1) is 0 Å². The molecule has 1 saturated carbocycles. The van der Waals surface area contributed by atoms with Gasteiger partial charge in [-0.1, -0.05) is 32.6 Å². The van der Waals surface area contributed by atoms with Gasteiger partial charge >= 0.3 is 0 Å². The summed E-state index contributed by atoms with van der Waals surface area (Å²) in [5, 5.41) is 6.75. The minimum atomic E-state index is 0.235. The van der Waals surface area contributed by atoms with Gasteiger partial charge in [0.25, 0.3) is 0 Å². The number of piperidine rings is 1. The van der Waals surface area contributed by atoms with Crippen LogP contribution in [0.5, 0.6) is 0 Å². The quantitative estimate of drug-likeness (QED) is 0.757. The molecule has 0 atom stereocenters. The van der Waals surface area contributed by atoms with Crippen LogP contribution in [0.1, 0.15) is 58.3 Å². The van der Waals surface area contributed by atoms with Crippen LogP contribution in [0.4, 0.5) is 0 Å². The smallest absolute Gasteiger partial charge is 0.234 e. The van der Waals surface area contributed by atoms with E-state index >= 15 is 0 Å². The second-order valence-corrected chi connectivity index (χ2v) is 6.36. The summed E-state index contributed by atoms with van der Waals surface area (Å²) in [6, 6.07) is 1.09. The molecule has 0 aromatic carbocycles. The number of likely N-dealkylation sites (tertiary alicyclic amines) is 1. The lowest BCUT2D eigenvalue weighted by molar-refractivity contribution is -0.123. The Morgan fingerprint density at radius 1 is 1.00 bits per heavy atom. The molecule has 2 rings (SSSR count). The third-order valence-electron chi connectivity index (χ3n) is 4.67. The molecule has 2 aliphatic rings. The number of carbonyl (C=O) groups is 1. The van der Waals surface area contributed by atoms with Crippen molar-refractivity contribution in [3.8, 4) is 0 Å². The largest absolute Gasteiger partial charge is 0.352 e. The molecular formula is C16H31N3O. The summed E-state index contributed by atoms with van der Waals surface area (Å²) in [4.78, 5) is 14.4. The molecule has 1 aliphatic carbocycles. The fourth-order valence-corrected chi connectivity index (χ4v) is 3.48. The van der Waals surface area contributed by atoms with E-state index in [2.05, 4.69) is 22.5 Å². The Labute approximate surface area is 123 Å². The number of hydrogen-bond acceptors (Lipinski definition) is 3. The molecule has 0 radical (unpaired) electrons. The molecule has 0 aromatic rings. The van der Waals surface area contributed by atoms with Crippen molar-refractivity contribution < 1.29 is 4.79 Å². The van der Waals surface area contributed by atoms with Crippen LogP contribution in [-0.2, 0) is 4.79 Å². The van der Waals surface area contributed by atoms with Gasteiger partial charge < -0.3 is 10.6 Å². The number of hydrogen-bond donors (Lipinski definition) is 2. The average Bonchev–Trinajstić information content (AvgIpc) is 2.70. The van der Waals surface area contributed by atoms with Crippen LogP contribution in [0.25, 0.3) is 0 Å². The van der Waals surface area contributed by atoms with Crippen LogP contribution < -0.4 is 10.6 Å². The van der Waals surface area contributed by atoms with Crippen molar-refractivity contribution in [3.63, 3.8) is 0 Å². The van der Waals surface area contributed by atoms with E-state index < -0.39 is 0 Å². The van der Waals surface area contributed by atoms with Gasteiger partial charge in [0.2, 0.25) is 5.91 Å². The summed E-state index contributed by atoms with van der Waals surface area (Å²) in [5.41, 5.74) is 0. The van der Waals surface area contributed by atoms with Gasteiger partial charge in [-0.25, -0.2) is 0 Å². The van der Waals surface area contributed by atoms with Gasteiger partial charge in [-0.15, -0.1) is 0 Å². The zero-order chi connectivity index (χ0) is 14.2. The van der Waals surface area contributed by atoms with Crippen molar-refractivity contribution in [2.45, 2.75) is 70.4 Å². The van der Waals surface area contributed by atoms with Crippen molar-refractivity contribution in [1.82, 2.24) is 15.5 Å². The Bertz CT molecular complexity index is 279. The summed E-state index contributed by atoms with van der Waals surface area (Å²) in [6.07, 6.45) is 9.92. The fraction of sp³-hybridized carbons (Fsp3) is 0.938. The lowest BCUT2D eigenvalue weighted by Crippen LogP contribution is -2.47. The normalized spacial score (nSPS) is 23.4. The molecule has 0 spiro atoms. The SMILES string of the molecule is CCNC1CCN(CC(=O)NC2CCCCCC2)CC1. The molecule has 1 aliphatic heterocycles. The first-order valence-electron chi connectivity index (χ1n) is 8.53. The molecule has 2 N–H and O–H groups in total. The van der Waals surface area contributed by atoms with E-state index in [4.69, 9.17) is 0 Å².